The van der Waals surface area contributed by atoms with Crippen LogP contribution in [0.1, 0.15) is 10.5 Å². The first-order valence-corrected chi connectivity index (χ1v) is 11.3. The van der Waals surface area contributed by atoms with Gasteiger partial charge in [0.2, 0.25) is 0 Å². The number of nitrogens with one attached hydrogen (secondary N) is 1. The van der Waals surface area contributed by atoms with Crippen molar-refractivity contribution in [2.45, 2.75) is 6.61 Å². The highest BCUT2D eigenvalue weighted by Gasteiger charge is 2.19. The average molecular weight is 490 g/mol. The Morgan fingerprint density at radius 3 is 2.40 bits per heavy atom. The van der Waals surface area contributed by atoms with Gasteiger partial charge in [0.05, 0.1) is 16.8 Å². The summed E-state index contributed by atoms with van der Waals surface area (Å²) in [5, 5.41) is 9.65. The number of benzene rings is 3. The third kappa shape index (κ3) is 4.51. The molecule has 7 nitrogen and oxygen atoms in total. The summed E-state index contributed by atoms with van der Waals surface area (Å²) < 4.78 is 31.3. The number of hydrogen-bond acceptors (Lipinski definition) is 6. The van der Waals surface area contributed by atoms with Crippen molar-refractivity contribution in [2.24, 2.45) is 0 Å². The number of amides is 1. The van der Waals surface area contributed by atoms with E-state index >= 15 is 0 Å². The number of halogens is 2. The molecule has 3 aromatic carbocycles. The molecule has 35 heavy (non-hydrogen) atoms. The summed E-state index contributed by atoms with van der Waals surface area (Å²) in [5.74, 6) is -0.586. The quantitative estimate of drug-likeness (QED) is 0.346. The SMILES string of the molecule is O=C(Nc1nc(-c2ccccc2OC(F)F)cs1)c1nn(-c2ccccc2)c(=O)c2ccccc12. The molecule has 0 radical (unpaired) electrons. The van der Waals surface area contributed by atoms with E-state index < -0.39 is 12.5 Å². The molecule has 174 valence electrons. The molecule has 10 heteroatoms. The Morgan fingerprint density at radius 2 is 1.63 bits per heavy atom. The Balaban J connectivity index is 1.51. The first kappa shape index (κ1) is 22.4. The fourth-order valence-electron chi connectivity index (χ4n) is 3.59. The second-order valence-electron chi connectivity index (χ2n) is 7.31. The van der Waals surface area contributed by atoms with Crippen LogP contribution in [0.5, 0.6) is 5.75 Å². The third-order valence-electron chi connectivity index (χ3n) is 5.12. The van der Waals surface area contributed by atoms with E-state index in [-0.39, 0.29) is 22.1 Å². The van der Waals surface area contributed by atoms with E-state index in [4.69, 9.17) is 0 Å². The van der Waals surface area contributed by atoms with Crippen LogP contribution in [0.2, 0.25) is 0 Å². The number of alkyl halides is 2. The molecule has 5 rings (SSSR count). The number of carbonyl (C=O) groups is 1. The summed E-state index contributed by atoms with van der Waals surface area (Å²) in [4.78, 5) is 30.6. The fourth-order valence-corrected chi connectivity index (χ4v) is 4.30. The lowest BCUT2D eigenvalue weighted by molar-refractivity contribution is -0.0494. The second-order valence-corrected chi connectivity index (χ2v) is 8.17. The Hall–Kier alpha value is -4.44. The number of ether oxygens (including phenoxy) is 1. The molecule has 0 aliphatic rings. The van der Waals surface area contributed by atoms with Crippen molar-refractivity contribution in [3.63, 3.8) is 0 Å². The van der Waals surface area contributed by atoms with Crippen molar-refractivity contribution >= 4 is 33.1 Å². The normalized spacial score (nSPS) is 11.1. The smallest absolute Gasteiger partial charge is 0.387 e. The van der Waals surface area contributed by atoms with Gasteiger partial charge in [0, 0.05) is 16.3 Å². The van der Waals surface area contributed by atoms with Crippen molar-refractivity contribution < 1.29 is 18.3 Å². The van der Waals surface area contributed by atoms with E-state index in [2.05, 4.69) is 20.1 Å². The highest BCUT2D eigenvalue weighted by atomic mass is 32.1. The summed E-state index contributed by atoms with van der Waals surface area (Å²) in [6.07, 6.45) is 0. The Morgan fingerprint density at radius 1 is 0.943 bits per heavy atom. The van der Waals surface area contributed by atoms with Gasteiger partial charge in [-0.2, -0.15) is 18.6 Å². The molecule has 0 saturated carbocycles. The summed E-state index contributed by atoms with van der Waals surface area (Å²) >= 11 is 1.12. The maximum atomic E-state index is 13.2. The van der Waals surface area contributed by atoms with E-state index in [9.17, 15) is 18.4 Å². The number of rotatable bonds is 6. The van der Waals surface area contributed by atoms with E-state index in [0.717, 1.165) is 11.3 Å². The van der Waals surface area contributed by atoms with Crippen molar-refractivity contribution in [3.8, 4) is 22.7 Å². The van der Waals surface area contributed by atoms with Crippen LogP contribution in [0.15, 0.2) is 89.0 Å². The molecule has 0 spiro atoms. The molecule has 0 aliphatic carbocycles. The predicted molar refractivity (Wildman–Crippen MR) is 129 cm³/mol. The van der Waals surface area contributed by atoms with Gasteiger partial charge in [0.1, 0.15) is 5.75 Å². The van der Waals surface area contributed by atoms with Gasteiger partial charge in [-0.1, -0.05) is 48.5 Å². The van der Waals surface area contributed by atoms with Gasteiger partial charge in [-0.3, -0.25) is 14.9 Å². The van der Waals surface area contributed by atoms with Gasteiger partial charge in [0.25, 0.3) is 11.5 Å². The van der Waals surface area contributed by atoms with Gasteiger partial charge in [-0.05, 0) is 30.3 Å². The van der Waals surface area contributed by atoms with Crippen LogP contribution in [0.4, 0.5) is 13.9 Å². The van der Waals surface area contributed by atoms with Gasteiger partial charge >= 0.3 is 6.61 Å². The summed E-state index contributed by atoms with van der Waals surface area (Å²) in [7, 11) is 0. The zero-order valence-electron chi connectivity index (χ0n) is 17.9. The van der Waals surface area contributed by atoms with Crippen LogP contribution >= 0.6 is 11.3 Å². The third-order valence-corrected chi connectivity index (χ3v) is 5.88. The first-order chi connectivity index (χ1) is 17.0. The summed E-state index contributed by atoms with van der Waals surface area (Å²) in [5.41, 5.74) is 0.946. The number of para-hydroxylation sites is 2. The largest absolute Gasteiger partial charge is 0.434 e. The first-order valence-electron chi connectivity index (χ1n) is 10.4. The standard InChI is InChI=1S/C25H16F2N4O3S/c26-24(27)34-20-13-7-6-12-18(20)19-14-35-25(28-19)29-22(32)21-16-10-4-5-11-17(16)23(33)31(30-21)15-8-2-1-3-9-15/h1-14,24H,(H,28,29,32). The summed E-state index contributed by atoms with van der Waals surface area (Å²) in [6.45, 7) is -2.98. The fraction of sp³-hybridized carbons (Fsp3) is 0.0400. The van der Waals surface area contributed by atoms with Gasteiger partial charge in [-0.15, -0.1) is 11.3 Å². The molecular formula is C25H16F2N4O3S. The molecule has 5 aromatic rings. The van der Waals surface area contributed by atoms with Gasteiger partial charge in [0.15, 0.2) is 10.8 Å². The zero-order valence-corrected chi connectivity index (χ0v) is 18.7. The number of anilines is 1. The minimum absolute atomic E-state index is 0.0201. The lowest BCUT2D eigenvalue weighted by atomic mass is 10.1. The molecular weight excluding hydrogens is 474 g/mol. The Kier molecular flexibility index (Phi) is 6.02. The highest BCUT2D eigenvalue weighted by molar-refractivity contribution is 7.14. The average Bonchev–Trinajstić information content (AvgIpc) is 3.33. The molecule has 0 atom stereocenters. The zero-order chi connectivity index (χ0) is 24.4. The molecule has 0 bridgehead atoms. The van der Waals surface area contributed by atoms with Crippen molar-refractivity contribution in [2.75, 3.05) is 5.32 Å². The molecule has 0 fully saturated rings. The lowest BCUT2D eigenvalue weighted by Crippen LogP contribution is -2.26. The number of thiazole rings is 1. The van der Waals surface area contributed by atoms with Crippen LogP contribution in [0.25, 0.3) is 27.7 Å². The highest BCUT2D eigenvalue weighted by Crippen LogP contribution is 2.33. The molecule has 2 heterocycles. The lowest BCUT2D eigenvalue weighted by Gasteiger charge is -2.10. The molecule has 0 saturated heterocycles. The van der Waals surface area contributed by atoms with Gasteiger partial charge in [-0.25, -0.2) is 4.98 Å². The second kappa shape index (κ2) is 9.43. The molecule has 1 amide bonds. The van der Waals surface area contributed by atoms with E-state index in [1.807, 2.05) is 6.07 Å². The summed E-state index contributed by atoms with van der Waals surface area (Å²) in [6, 6.07) is 21.8. The predicted octanol–water partition coefficient (Wildman–Crippen LogP) is 5.36. The maximum absolute atomic E-state index is 13.2. The minimum atomic E-state index is -2.98. The van der Waals surface area contributed by atoms with E-state index in [1.54, 1.807) is 72.1 Å². The van der Waals surface area contributed by atoms with Crippen molar-refractivity contribution in [1.29, 1.82) is 0 Å². The number of nitrogens with zero attached hydrogens (tertiary/aromatic N) is 3. The Bertz CT molecular complexity index is 1590. The van der Waals surface area contributed by atoms with Crippen LogP contribution < -0.4 is 15.6 Å². The number of hydrogen-bond donors (Lipinski definition) is 1. The number of aromatic nitrogens is 3. The topological polar surface area (TPSA) is 86.1 Å². The molecule has 1 N–H and O–H groups in total. The van der Waals surface area contributed by atoms with Crippen molar-refractivity contribution in [1.82, 2.24) is 14.8 Å². The molecule has 0 aliphatic heterocycles. The number of carbonyl (C=O) groups excluding carboxylic acids is 1. The minimum Gasteiger partial charge on any atom is -0.434 e. The van der Waals surface area contributed by atoms with Crippen molar-refractivity contribution in [3.05, 3.63) is 100 Å². The van der Waals surface area contributed by atoms with E-state index in [0.29, 0.717) is 27.7 Å². The van der Waals surface area contributed by atoms with Crippen LogP contribution in [-0.2, 0) is 0 Å². The maximum Gasteiger partial charge on any atom is 0.387 e. The van der Waals surface area contributed by atoms with E-state index in [1.165, 1.54) is 10.7 Å². The van der Waals surface area contributed by atoms with Crippen LogP contribution in [-0.4, -0.2) is 27.3 Å². The van der Waals surface area contributed by atoms with Crippen LogP contribution in [0, 0.1) is 0 Å². The number of fused-ring (bicyclic) bond motifs is 1. The molecule has 0 unspecified atom stereocenters. The molecule has 2 aromatic heterocycles. The Labute approximate surface area is 201 Å². The monoisotopic (exact) mass is 490 g/mol. The van der Waals surface area contributed by atoms with Gasteiger partial charge < -0.3 is 4.74 Å². The van der Waals surface area contributed by atoms with Crippen LogP contribution in [0.3, 0.4) is 0 Å².